The number of para-hydroxylation sites is 1. The summed E-state index contributed by atoms with van der Waals surface area (Å²) in [5, 5.41) is 11.4. The molecule has 116 valence electrons. The average molecular weight is 289 g/mol. The molecule has 1 saturated carbocycles. The van der Waals surface area contributed by atoms with Gasteiger partial charge in [-0.05, 0) is 43.7 Å². The normalized spacial score (nSPS) is 29.3. The van der Waals surface area contributed by atoms with Crippen molar-refractivity contribution in [2.45, 2.75) is 51.0 Å². The number of benzene rings is 1. The van der Waals surface area contributed by atoms with Gasteiger partial charge in [0.2, 0.25) is 0 Å². The molecular formula is C18H27NO2. The van der Waals surface area contributed by atoms with E-state index in [1.54, 1.807) is 0 Å². The van der Waals surface area contributed by atoms with Crippen molar-refractivity contribution in [3.05, 3.63) is 29.8 Å². The van der Waals surface area contributed by atoms with Crippen LogP contribution in [-0.4, -0.2) is 23.9 Å². The molecule has 3 N–H and O–H groups in total. The zero-order chi connectivity index (χ0) is 14.9. The molecule has 2 aliphatic rings. The summed E-state index contributed by atoms with van der Waals surface area (Å²) in [6.07, 6.45) is 6.76. The van der Waals surface area contributed by atoms with Crippen LogP contribution < -0.4 is 10.5 Å². The Balaban J connectivity index is 1.90. The molecule has 1 fully saturated rings. The first-order valence-corrected chi connectivity index (χ1v) is 8.22. The van der Waals surface area contributed by atoms with Crippen LogP contribution in [-0.2, 0) is 6.42 Å². The molecule has 1 aliphatic carbocycles. The summed E-state index contributed by atoms with van der Waals surface area (Å²) in [5.74, 6) is 1.28. The summed E-state index contributed by atoms with van der Waals surface area (Å²) in [7, 11) is 0. The molecule has 3 rings (SSSR count). The van der Waals surface area contributed by atoms with Crippen molar-refractivity contribution in [2.75, 3.05) is 13.2 Å². The molecule has 0 amide bonds. The second-order valence-electron chi connectivity index (χ2n) is 7.04. The van der Waals surface area contributed by atoms with E-state index in [1.807, 2.05) is 25.1 Å². The fourth-order valence-corrected chi connectivity index (χ4v) is 4.18. The summed E-state index contributed by atoms with van der Waals surface area (Å²) in [6, 6.07) is 8.12. The van der Waals surface area contributed by atoms with Gasteiger partial charge in [-0.25, -0.2) is 0 Å². The SMILES string of the molecule is CC(O)(C1CCCCC1)C1(CN)COc2ccccc2C1. The Morgan fingerprint density at radius 2 is 2.00 bits per heavy atom. The highest BCUT2D eigenvalue weighted by molar-refractivity contribution is 5.37. The highest BCUT2D eigenvalue weighted by Crippen LogP contribution is 2.48. The molecule has 21 heavy (non-hydrogen) atoms. The fraction of sp³-hybridized carbons (Fsp3) is 0.667. The van der Waals surface area contributed by atoms with E-state index < -0.39 is 5.60 Å². The maximum absolute atomic E-state index is 11.4. The average Bonchev–Trinajstić information content (AvgIpc) is 2.55. The first-order valence-electron chi connectivity index (χ1n) is 8.22. The fourth-order valence-electron chi connectivity index (χ4n) is 4.18. The number of nitrogens with two attached hydrogens (primary N) is 1. The molecule has 3 heteroatoms. The molecule has 0 bridgehead atoms. The van der Waals surface area contributed by atoms with E-state index in [0.717, 1.165) is 25.0 Å². The standard InChI is InChI=1S/C18H27NO2/c1-17(20,15-8-3-2-4-9-15)18(12-19)11-14-7-5-6-10-16(14)21-13-18/h5-7,10,15,20H,2-4,8-9,11-13,19H2,1H3. The molecule has 0 radical (unpaired) electrons. The topological polar surface area (TPSA) is 55.5 Å². The first kappa shape index (κ1) is 14.9. The minimum absolute atomic E-state index is 0.337. The van der Waals surface area contributed by atoms with Gasteiger partial charge in [-0.1, -0.05) is 37.5 Å². The molecule has 1 aromatic carbocycles. The minimum atomic E-state index is -0.768. The van der Waals surface area contributed by atoms with Crippen molar-refractivity contribution >= 4 is 0 Å². The van der Waals surface area contributed by atoms with Gasteiger partial charge in [0.05, 0.1) is 12.2 Å². The summed E-state index contributed by atoms with van der Waals surface area (Å²) >= 11 is 0. The molecule has 1 aliphatic heterocycles. The highest BCUT2D eigenvalue weighted by Gasteiger charge is 2.52. The smallest absolute Gasteiger partial charge is 0.122 e. The van der Waals surface area contributed by atoms with Crippen molar-refractivity contribution in [1.29, 1.82) is 0 Å². The number of aliphatic hydroxyl groups is 1. The van der Waals surface area contributed by atoms with Crippen LogP contribution in [0.1, 0.15) is 44.6 Å². The van der Waals surface area contributed by atoms with E-state index in [4.69, 9.17) is 10.5 Å². The van der Waals surface area contributed by atoms with E-state index in [-0.39, 0.29) is 5.41 Å². The Kier molecular flexibility index (Phi) is 3.98. The molecule has 1 heterocycles. The van der Waals surface area contributed by atoms with Gasteiger partial charge in [-0.15, -0.1) is 0 Å². The lowest BCUT2D eigenvalue weighted by atomic mass is 9.60. The Labute approximate surface area is 127 Å². The maximum atomic E-state index is 11.4. The highest BCUT2D eigenvalue weighted by atomic mass is 16.5. The molecule has 1 aromatic rings. The lowest BCUT2D eigenvalue weighted by molar-refractivity contribution is -0.138. The maximum Gasteiger partial charge on any atom is 0.122 e. The zero-order valence-corrected chi connectivity index (χ0v) is 13.0. The largest absolute Gasteiger partial charge is 0.493 e. The van der Waals surface area contributed by atoms with Gasteiger partial charge >= 0.3 is 0 Å². The van der Waals surface area contributed by atoms with E-state index in [0.29, 0.717) is 19.1 Å². The van der Waals surface area contributed by atoms with Crippen LogP contribution >= 0.6 is 0 Å². The van der Waals surface area contributed by atoms with Crippen LogP contribution in [0.3, 0.4) is 0 Å². The van der Waals surface area contributed by atoms with E-state index in [2.05, 4.69) is 6.07 Å². The second-order valence-corrected chi connectivity index (χ2v) is 7.04. The number of hydrogen-bond donors (Lipinski definition) is 2. The number of ether oxygens (including phenoxy) is 1. The lowest BCUT2D eigenvalue weighted by Crippen LogP contribution is -2.60. The summed E-state index contributed by atoms with van der Waals surface area (Å²) in [6.45, 7) is 2.97. The Morgan fingerprint density at radius 3 is 2.71 bits per heavy atom. The zero-order valence-electron chi connectivity index (χ0n) is 13.0. The predicted molar refractivity (Wildman–Crippen MR) is 84.3 cm³/mol. The third-order valence-corrected chi connectivity index (χ3v) is 5.87. The van der Waals surface area contributed by atoms with Gasteiger partial charge in [-0.2, -0.15) is 0 Å². The van der Waals surface area contributed by atoms with Gasteiger partial charge < -0.3 is 15.6 Å². The van der Waals surface area contributed by atoms with Crippen molar-refractivity contribution in [1.82, 2.24) is 0 Å². The van der Waals surface area contributed by atoms with Crippen LogP contribution in [0, 0.1) is 11.3 Å². The van der Waals surface area contributed by atoms with Crippen molar-refractivity contribution < 1.29 is 9.84 Å². The summed E-state index contributed by atoms with van der Waals surface area (Å²) in [5.41, 5.74) is 6.18. The molecule has 2 atom stereocenters. The predicted octanol–water partition coefficient (Wildman–Crippen LogP) is 2.90. The quantitative estimate of drug-likeness (QED) is 0.899. The minimum Gasteiger partial charge on any atom is -0.493 e. The Hall–Kier alpha value is -1.06. The van der Waals surface area contributed by atoms with Gasteiger partial charge in [-0.3, -0.25) is 0 Å². The van der Waals surface area contributed by atoms with E-state index in [9.17, 15) is 5.11 Å². The van der Waals surface area contributed by atoms with Gasteiger partial charge in [0.1, 0.15) is 5.75 Å². The Bertz CT molecular complexity index is 494. The van der Waals surface area contributed by atoms with Crippen LogP contribution in [0.25, 0.3) is 0 Å². The monoisotopic (exact) mass is 289 g/mol. The third-order valence-electron chi connectivity index (χ3n) is 5.87. The lowest BCUT2D eigenvalue weighted by Gasteiger charge is -2.51. The second kappa shape index (κ2) is 5.62. The molecule has 2 unspecified atom stereocenters. The summed E-state index contributed by atoms with van der Waals surface area (Å²) in [4.78, 5) is 0. The molecular weight excluding hydrogens is 262 g/mol. The number of fused-ring (bicyclic) bond motifs is 1. The molecule has 0 saturated heterocycles. The van der Waals surface area contributed by atoms with Gasteiger partial charge in [0, 0.05) is 12.0 Å². The number of rotatable bonds is 3. The van der Waals surface area contributed by atoms with Crippen molar-refractivity contribution in [3.8, 4) is 5.75 Å². The Morgan fingerprint density at radius 1 is 1.29 bits per heavy atom. The first-order chi connectivity index (χ1) is 10.1. The summed E-state index contributed by atoms with van der Waals surface area (Å²) < 4.78 is 5.97. The molecule has 3 nitrogen and oxygen atoms in total. The van der Waals surface area contributed by atoms with Crippen LogP contribution in [0.15, 0.2) is 24.3 Å². The van der Waals surface area contributed by atoms with Crippen LogP contribution in [0.5, 0.6) is 5.75 Å². The van der Waals surface area contributed by atoms with Crippen LogP contribution in [0.2, 0.25) is 0 Å². The van der Waals surface area contributed by atoms with E-state index in [1.165, 1.54) is 24.8 Å². The third kappa shape index (κ3) is 2.47. The molecule has 0 spiro atoms. The van der Waals surface area contributed by atoms with Crippen molar-refractivity contribution in [2.24, 2.45) is 17.1 Å². The van der Waals surface area contributed by atoms with Gasteiger partial charge in [0.25, 0.3) is 0 Å². The number of hydrogen-bond acceptors (Lipinski definition) is 3. The van der Waals surface area contributed by atoms with Crippen molar-refractivity contribution in [3.63, 3.8) is 0 Å². The van der Waals surface area contributed by atoms with Crippen LogP contribution in [0.4, 0.5) is 0 Å². The van der Waals surface area contributed by atoms with E-state index >= 15 is 0 Å². The molecule has 0 aromatic heterocycles. The van der Waals surface area contributed by atoms with Gasteiger partial charge in [0.15, 0.2) is 0 Å².